The standard InChI is InChI=1S/C13H12F15N2OP/c14-7(15,1-6-32(31,29-2-3-29)30-4-5-30)8(16,17)9(18,19)10(20,21)11(22,23)12(24,25)13(26,27)28/h1-6H2. The first kappa shape index (κ1) is 27.3. The number of hydrogen-bond donors (Lipinski definition) is 0. The molecule has 0 aliphatic carbocycles. The third-order valence-electron chi connectivity index (χ3n) is 4.84. The molecular weight excluding hydrogens is 516 g/mol. The van der Waals surface area contributed by atoms with E-state index in [4.69, 9.17) is 0 Å². The third-order valence-corrected chi connectivity index (χ3v) is 8.21. The maximum Gasteiger partial charge on any atom is 0.460 e. The van der Waals surface area contributed by atoms with Crippen LogP contribution < -0.4 is 0 Å². The zero-order chi connectivity index (χ0) is 25.4. The van der Waals surface area contributed by atoms with Crippen molar-refractivity contribution >= 4 is 7.44 Å². The van der Waals surface area contributed by atoms with Crippen molar-refractivity contribution in [2.24, 2.45) is 0 Å². The second-order valence-electron chi connectivity index (χ2n) is 7.12. The molecule has 0 amide bonds. The fourth-order valence-electron chi connectivity index (χ4n) is 2.62. The maximum atomic E-state index is 13.9. The van der Waals surface area contributed by atoms with Crippen molar-refractivity contribution in [3.63, 3.8) is 0 Å². The maximum absolute atomic E-state index is 13.9. The van der Waals surface area contributed by atoms with Crippen LogP contribution >= 0.6 is 7.44 Å². The molecule has 0 N–H and O–H groups in total. The van der Waals surface area contributed by atoms with Crippen LogP contribution in [0.15, 0.2) is 0 Å². The first-order valence-electron chi connectivity index (χ1n) is 8.35. The molecule has 32 heavy (non-hydrogen) atoms. The summed E-state index contributed by atoms with van der Waals surface area (Å²) in [6.07, 6.45) is -11.7. The summed E-state index contributed by atoms with van der Waals surface area (Å²) in [7, 11) is -3.98. The predicted octanol–water partition coefficient (Wildman–Crippen LogP) is 5.57. The molecule has 2 aliphatic heterocycles. The van der Waals surface area contributed by atoms with Gasteiger partial charge in [0.05, 0.1) is 0 Å². The van der Waals surface area contributed by atoms with Crippen molar-refractivity contribution in [1.29, 1.82) is 0 Å². The molecular formula is C13H12F15N2OP. The third kappa shape index (κ3) is 3.77. The molecule has 0 radical (unpaired) electrons. The van der Waals surface area contributed by atoms with Crippen molar-refractivity contribution < 1.29 is 70.4 Å². The van der Waals surface area contributed by atoms with Crippen molar-refractivity contribution in [3.05, 3.63) is 0 Å². The van der Waals surface area contributed by atoms with E-state index in [0.29, 0.717) is 0 Å². The lowest BCUT2D eigenvalue weighted by atomic mass is 9.90. The van der Waals surface area contributed by atoms with E-state index >= 15 is 0 Å². The van der Waals surface area contributed by atoms with Gasteiger partial charge in [-0.2, -0.15) is 65.9 Å². The van der Waals surface area contributed by atoms with Gasteiger partial charge in [-0.25, -0.2) is 9.34 Å². The molecule has 2 saturated heterocycles. The molecule has 0 atom stereocenters. The predicted molar refractivity (Wildman–Crippen MR) is 76.0 cm³/mol. The van der Waals surface area contributed by atoms with Crippen LogP contribution in [0.1, 0.15) is 6.42 Å². The molecule has 0 aromatic heterocycles. The van der Waals surface area contributed by atoms with Gasteiger partial charge in [-0.05, 0) is 0 Å². The molecule has 2 rings (SSSR count). The van der Waals surface area contributed by atoms with Crippen LogP contribution in [0.25, 0.3) is 0 Å². The molecule has 19 heteroatoms. The minimum absolute atomic E-state index is 0.0305. The van der Waals surface area contributed by atoms with Crippen molar-refractivity contribution in [3.8, 4) is 0 Å². The van der Waals surface area contributed by atoms with Gasteiger partial charge in [0, 0.05) is 38.8 Å². The van der Waals surface area contributed by atoms with E-state index < -0.39 is 61.7 Å². The molecule has 3 nitrogen and oxygen atoms in total. The first-order chi connectivity index (χ1) is 13.9. The largest absolute Gasteiger partial charge is 0.460 e. The Hall–Kier alpha value is -0.900. The highest BCUT2D eigenvalue weighted by atomic mass is 31.2. The monoisotopic (exact) mass is 528 g/mol. The van der Waals surface area contributed by atoms with Crippen LogP contribution in [-0.2, 0) is 4.57 Å². The summed E-state index contributed by atoms with van der Waals surface area (Å²) < 4.78 is 212. The summed E-state index contributed by atoms with van der Waals surface area (Å²) >= 11 is 0. The van der Waals surface area contributed by atoms with Crippen LogP contribution in [0.4, 0.5) is 65.9 Å². The van der Waals surface area contributed by atoms with Gasteiger partial charge in [0.25, 0.3) is 0 Å². The Morgan fingerprint density at radius 1 is 0.531 bits per heavy atom. The lowest BCUT2D eigenvalue weighted by molar-refractivity contribution is -0.452. The normalized spacial score (nSPS) is 20.6. The van der Waals surface area contributed by atoms with Crippen LogP contribution in [0, 0.1) is 0 Å². The zero-order valence-electron chi connectivity index (χ0n) is 15.2. The van der Waals surface area contributed by atoms with E-state index in [1.807, 2.05) is 0 Å². The van der Waals surface area contributed by atoms with Gasteiger partial charge in [-0.1, -0.05) is 0 Å². The molecule has 0 aromatic carbocycles. The summed E-state index contributed by atoms with van der Waals surface area (Å²) in [5.41, 5.74) is 0. The Labute approximate surface area is 169 Å². The molecule has 2 heterocycles. The fourth-order valence-corrected chi connectivity index (χ4v) is 5.54. The van der Waals surface area contributed by atoms with E-state index in [1.165, 1.54) is 0 Å². The van der Waals surface area contributed by atoms with E-state index in [2.05, 4.69) is 0 Å². The summed E-state index contributed by atoms with van der Waals surface area (Å²) in [5, 5.41) is 0. The lowest BCUT2D eigenvalue weighted by Gasteiger charge is -2.41. The molecule has 190 valence electrons. The number of alkyl halides is 15. The highest BCUT2D eigenvalue weighted by molar-refractivity contribution is 7.59. The van der Waals surface area contributed by atoms with Gasteiger partial charge < -0.3 is 0 Å². The zero-order valence-corrected chi connectivity index (χ0v) is 16.1. The lowest BCUT2D eigenvalue weighted by Crippen LogP contribution is -2.72. The van der Waals surface area contributed by atoms with Gasteiger partial charge in [0.1, 0.15) is 0 Å². The Morgan fingerprint density at radius 2 is 0.844 bits per heavy atom. The first-order valence-corrected chi connectivity index (χ1v) is 10.1. The molecule has 2 fully saturated rings. The van der Waals surface area contributed by atoms with Crippen molar-refractivity contribution in [1.82, 2.24) is 9.34 Å². The van der Waals surface area contributed by atoms with Gasteiger partial charge in [-0.3, -0.25) is 4.57 Å². The van der Waals surface area contributed by atoms with Gasteiger partial charge >= 0.3 is 41.7 Å². The number of hydrogen-bond acceptors (Lipinski definition) is 1. The summed E-state index contributed by atoms with van der Waals surface area (Å²) in [6.45, 7) is 0.122. The Bertz CT molecular complexity index is 756. The average Bonchev–Trinajstić information content (AvgIpc) is 3.49. The molecule has 0 spiro atoms. The van der Waals surface area contributed by atoms with E-state index in [1.54, 1.807) is 0 Å². The Balaban J connectivity index is 2.37. The Morgan fingerprint density at radius 3 is 1.16 bits per heavy atom. The highest BCUT2D eigenvalue weighted by Crippen LogP contribution is 2.65. The molecule has 0 bridgehead atoms. The molecule has 0 unspecified atom stereocenters. The van der Waals surface area contributed by atoms with Crippen LogP contribution in [0.2, 0.25) is 0 Å². The highest BCUT2D eigenvalue weighted by Gasteiger charge is 2.93. The van der Waals surface area contributed by atoms with E-state index in [0.717, 1.165) is 9.34 Å². The van der Waals surface area contributed by atoms with Gasteiger partial charge in [0.2, 0.25) is 7.44 Å². The topological polar surface area (TPSA) is 23.1 Å². The molecule has 0 saturated carbocycles. The average molecular weight is 528 g/mol. The van der Waals surface area contributed by atoms with E-state index in [9.17, 15) is 70.4 Å². The van der Waals surface area contributed by atoms with Crippen molar-refractivity contribution in [2.45, 2.75) is 48.1 Å². The van der Waals surface area contributed by atoms with Crippen LogP contribution in [0.3, 0.4) is 0 Å². The minimum atomic E-state index is -8.30. The SMILES string of the molecule is O=P(CCC(F)(F)C(F)(F)C(F)(F)C(F)(F)C(F)(F)C(F)(F)C(F)(F)F)(N1CC1)N1CC1. The summed E-state index contributed by atoms with van der Waals surface area (Å²) in [4.78, 5) is 0. The number of rotatable bonds is 10. The molecule has 0 aromatic rings. The molecule has 2 aliphatic rings. The second-order valence-corrected chi connectivity index (χ2v) is 10.0. The van der Waals surface area contributed by atoms with E-state index in [-0.39, 0.29) is 26.2 Å². The van der Waals surface area contributed by atoms with Crippen LogP contribution in [0.5, 0.6) is 0 Å². The fraction of sp³-hybridized carbons (Fsp3) is 1.00. The number of halogens is 15. The Kier molecular flexibility index (Phi) is 6.24. The smallest absolute Gasteiger partial charge is 0.289 e. The van der Waals surface area contributed by atoms with Crippen LogP contribution in [-0.4, -0.2) is 83.4 Å². The minimum Gasteiger partial charge on any atom is -0.289 e. The quantitative estimate of drug-likeness (QED) is 0.210. The summed E-state index contributed by atoms with van der Waals surface area (Å²) in [5.74, 6) is -46.5. The summed E-state index contributed by atoms with van der Waals surface area (Å²) in [6, 6.07) is 0. The van der Waals surface area contributed by atoms with Crippen molar-refractivity contribution in [2.75, 3.05) is 32.3 Å². The number of nitrogens with zero attached hydrogens (tertiary/aromatic N) is 2. The van der Waals surface area contributed by atoms with Gasteiger partial charge in [0.15, 0.2) is 0 Å². The van der Waals surface area contributed by atoms with Gasteiger partial charge in [-0.15, -0.1) is 0 Å². The second kappa shape index (κ2) is 7.30.